The highest BCUT2D eigenvalue weighted by molar-refractivity contribution is 9.10. The number of rotatable bonds is 6. The number of aromatic hydroxyl groups is 1. The lowest BCUT2D eigenvalue weighted by molar-refractivity contribution is -0.113. The van der Waals surface area contributed by atoms with Gasteiger partial charge in [-0.25, -0.2) is 0 Å². The third-order valence-electron chi connectivity index (χ3n) is 5.17. The highest BCUT2D eigenvalue weighted by Crippen LogP contribution is 2.34. The molecule has 4 rings (SSSR count). The Morgan fingerprint density at radius 1 is 1.03 bits per heavy atom. The number of nitrogens with one attached hydrogen (secondary N) is 1. The summed E-state index contributed by atoms with van der Waals surface area (Å²) in [6.45, 7) is 3.98. The summed E-state index contributed by atoms with van der Waals surface area (Å²) in [4.78, 5) is 12.7. The Morgan fingerprint density at radius 2 is 1.79 bits per heavy atom. The average molecular weight is 588 g/mol. The van der Waals surface area contributed by atoms with E-state index in [4.69, 9.17) is 0 Å². The van der Waals surface area contributed by atoms with Crippen LogP contribution in [0.1, 0.15) is 11.1 Å². The molecule has 9 heteroatoms. The lowest BCUT2D eigenvalue weighted by Crippen LogP contribution is -2.15. The molecule has 0 radical (unpaired) electrons. The van der Waals surface area contributed by atoms with Crippen LogP contribution in [0.4, 0.5) is 5.69 Å². The van der Waals surface area contributed by atoms with E-state index in [0.717, 1.165) is 31.4 Å². The van der Waals surface area contributed by atoms with Gasteiger partial charge in [-0.1, -0.05) is 61.8 Å². The molecule has 0 unspecified atom stereocenters. The lowest BCUT2D eigenvalue weighted by atomic mass is 10.1. The van der Waals surface area contributed by atoms with Crippen LogP contribution < -0.4 is 5.32 Å². The SMILES string of the molecule is Cc1c(Br)ccc(NC(=O)CSc2nnc(-c3cc(Br)ccc3O)n2-c2ccccc2)c1C. The fourth-order valence-corrected chi connectivity index (χ4v) is 4.82. The number of amides is 1. The Morgan fingerprint density at radius 3 is 2.55 bits per heavy atom. The molecule has 3 aromatic carbocycles. The monoisotopic (exact) mass is 586 g/mol. The van der Waals surface area contributed by atoms with E-state index in [1.807, 2.05) is 60.9 Å². The number of hydrogen-bond donors (Lipinski definition) is 2. The van der Waals surface area contributed by atoms with Crippen LogP contribution in [0, 0.1) is 13.8 Å². The van der Waals surface area contributed by atoms with E-state index in [1.165, 1.54) is 11.8 Å². The van der Waals surface area contributed by atoms with E-state index in [0.29, 0.717) is 16.5 Å². The summed E-state index contributed by atoms with van der Waals surface area (Å²) < 4.78 is 3.66. The smallest absolute Gasteiger partial charge is 0.234 e. The summed E-state index contributed by atoms with van der Waals surface area (Å²) in [5.74, 6) is 0.601. The van der Waals surface area contributed by atoms with Crippen molar-refractivity contribution in [3.05, 3.63) is 80.7 Å². The second kappa shape index (κ2) is 10.1. The van der Waals surface area contributed by atoms with Crippen molar-refractivity contribution >= 4 is 55.2 Å². The van der Waals surface area contributed by atoms with E-state index in [-0.39, 0.29) is 17.4 Å². The molecule has 0 aliphatic rings. The van der Waals surface area contributed by atoms with Crippen LogP contribution in [-0.2, 0) is 4.79 Å². The van der Waals surface area contributed by atoms with Crippen LogP contribution in [0.15, 0.2) is 74.8 Å². The number of halogens is 2. The van der Waals surface area contributed by atoms with Gasteiger partial charge in [0.2, 0.25) is 5.91 Å². The van der Waals surface area contributed by atoms with Crippen LogP contribution in [-0.4, -0.2) is 31.5 Å². The first kappa shape index (κ1) is 23.5. The maximum absolute atomic E-state index is 12.7. The van der Waals surface area contributed by atoms with Crippen LogP contribution in [0.3, 0.4) is 0 Å². The van der Waals surface area contributed by atoms with Gasteiger partial charge in [0.1, 0.15) is 5.75 Å². The van der Waals surface area contributed by atoms with E-state index in [2.05, 4.69) is 47.4 Å². The zero-order valence-electron chi connectivity index (χ0n) is 17.8. The minimum Gasteiger partial charge on any atom is -0.507 e. The van der Waals surface area contributed by atoms with Gasteiger partial charge in [0, 0.05) is 20.3 Å². The molecule has 4 aromatic rings. The van der Waals surface area contributed by atoms with Gasteiger partial charge in [-0.2, -0.15) is 0 Å². The molecular formula is C24H20Br2N4O2S. The van der Waals surface area contributed by atoms with Gasteiger partial charge in [0.05, 0.1) is 11.3 Å². The van der Waals surface area contributed by atoms with Crippen LogP contribution in [0.5, 0.6) is 5.75 Å². The van der Waals surface area contributed by atoms with Crippen LogP contribution in [0.2, 0.25) is 0 Å². The van der Waals surface area contributed by atoms with Gasteiger partial charge in [0.15, 0.2) is 11.0 Å². The molecule has 0 spiro atoms. The molecular weight excluding hydrogens is 568 g/mol. The van der Waals surface area contributed by atoms with Gasteiger partial charge in [-0.3, -0.25) is 9.36 Å². The van der Waals surface area contributed by atoms with Gasteiger partial charge < -0.3 is 10.4 Å². The third-order valence-corrected chi connectivity index (χ3v) is 7.46. The summed E-state index contributed by atoms with van der Waals surface area (Å²) in [5, 5.41) is 22.6. The number of nitrogens with zero attached hydrogens (tertiary/aromatic N) is 3. The molecule has 0 atom stereocenters. The first-order valence-electron chi connectivity index (χ1n) is 10.0. The van der Waals surface area contributed by atoms with Crippen molar-refractivity contribution in [2.45, 2.75) is 19.0 Å². The maximum atomic E-state index is 12.7. The molecule has 1 amide bonds. The van der Waals surface area contributed by atoms with Crippen molar-refractivity contribution in [3.8, 4) is 22.8 Å². The molecule has 0 bridgehead atoms. The Labute approximate surface area is 212 Å². The minimum atomic E-state index is -0.140. The number of para-hydroxylation sites is 1. The molecule has 168 valence electrons. The van der Waals surface area contributed by atoms with Crippen molar-refractivity contribution in [1.29, 1.82) is 0 Å². The molecule has 1 aromatic heterocycles. The number of aromatic nitrogens is 3. The molecule has 0 aliphatic heterocycles. The molecule has 33 heavy (non-hydrogen) atoms. The van der Waals surface area contributed by atoms with Gasteiger partial charge in [-0.05, 0) is 67.4 Å². The standard InChI is InChI=1S/C24H20Br2N4O2S/c1-14-15(2)20(10-9-19(14)26)27-22(32)13-33-24-29-28-23(18-12-16(25)8-11-21(18)31)30(24)17-6-4-3-5-7-17/h3-12,31H,13H2,1-2H3,(H,27,32). The summed E-state index contributed by atoms with van der Waals surface area (Å²) >= 11 is 8.24. The summed E-state index contributed by atoms with van der Waals surface area (Å²) in [6.07, 6.45) is 0. The zero-order valence-corrected chi connectivity index (χ0v) is 21.8. The van der Waals surface area contributed by atoms with Crippen LogP contribution >= 0.6 is 43.6 Å². The number of phenols is 1. The first-order chi connectivity index (χ1) is 15.8. The number of carbonyl (C=O) groups is 1. The van der Waals surface area contributed by atoms with Crippen molar-refractivity contribution < 1.29 is 9.90 Å². The largest absolute Gasteiger partial charge is 0.507 e. The minimum absolute atomic E-state index is 0.0955. The average Bonchev–Trinajstić information content (AvgIpc) is 3.24. The van der Waals surface area contributed by atoms with Gasteiger partial charge >= 0.3 is 0 Å². The topological polar surface area (TPSA) is 80.0 Å². The van der Waals surface area contributed by atoms with Crippen molar-refractivity contribution in [2.75, 3.05) is 11.1 Å². The highest BCUT2D eigenvalue weighted by atomic mass is 79.9. The number of carbonyl (C=O) groups excluding carboxylic acids is 1. The fraction of sp³-hybridized carbons (Fsp3) is 0.125. The second-order valence-corrected chi connectivity index (χ2v) is 10.0. The van der Waals surface area contributed by atoms with E-state index < -0.39 is 0 Å². The normalized spacial score (nSPS) is 10.9. The molecule has 0 fully saturated rings. The zero-order chi connectivity index (χ0) is 23.5. The molecule has 0 saturated heterocycles. The predicted molar refractivity (Wildman–Crippen MR) is 139 cm³/mol. The molecule has 1 heterocycles. The Hall–Kier alpha value is -2.62. The predicted octanol–water partition coefficient (Wildman–Crippen LogP) is 6.51. The van der Waals surface area contributed by atoms with Crippen molar-refractivity contribution in [3.63, 3.8) is 0 Å². The Kier molecular flexibility index (Phi) is 7.21. The quantitative estimate of drug-likeness (QED) is 0.251. The molecule has 2 N–H and O–H groups in total. The van der Waals surface area contributed by atoms with Gasteiger partial charge in [0.25, 0.3) is 0 Å². The summed E-state index contributed by atoms with van der Waals surface area (Å²) in [6, 6.07) is 18.6. The molecule has 0 aliphatic carbocycles. The Balaban J connectivity index is 1.62. The van der Waals surface area contributed by atoms with E-state index in [1.54, 1.807) is 18.2 Å². The number of phenolic OH excluding ortho intramolecular Hbond substituents is 1. The number of anilines is 1. The van der Waals surface area contributed by atoms with Crippen LogP contribution in [0.25, 0.3) is 17.1 Å². The second-order valence-electron chi connectivity index (χ2n) is 7.32. The number of hydrogen-bond acceptors (Lipinski definition) is 5. The fourth-order valence-electron chi connectivity index (χ4n) is 3.27. The number of benzene rings is 3. The molecule has 6 nitrogen and oxygen atoms in total. The summed E-state index contributed by atoms with van der Waals surface area (Å²) in [7, 11) is 0. The van der Waals surface area contributed by atoms with Crippen molar-refractivity contribution in [1.82, 2.24) is 14.8 Å². The molecule has 0 saturated carbocycles. The highest BCUT2D eigenvalue weighted by Gasteiger charge is 2.20. The third kappa shape index (κ3) is 5.15. The van der Waals surface area contributed by atoms with E-state index in [9.17, 15) is 9.90 Å². The first-order valence-corrected chi connectivity index (χ1v) is 12.6. The van der Waals surface area contributed by atoms with Crippen molar-refractivity contribution in [2.24, 2.45) is 0 Å². The maximum Gasteiger partial charge on any atom is 0.234 e. The Bertz CT molecular complexity index is 1330. The van der Waals surface area contributed by atoms with Gasteiger partial charge in [-0.15, -0.1) is 10.2 Å². The van der Waals surface area contributed by atoms with E-state index >= 15 is 0 Å². The lowest BCUT2D eigenvalue weighted by Gasteiger charge is -2.13. The summed E-state index contributed by atoms with van der Waals surface area (Å²) in [5.41, 5.74) is 4.26. The number of thioether (sulfide) groups is 1.